The SMILES string of the molecule is CN(C)c1cnc(C=O)cc1OC1CC1. The van der Waals surface area contributed by atoms with E-state index < -0.39 is 0 Å². The van der Waals surface area contributed by atoms with E-state index in [0.29, 0.717) is 11.8 Å². The van der Waals surface area contributed by atoms with Gasteiger partial charge in [0.2, 0.25) is 0 Å². The number of carbonyl (C=O) groups excluding carboxylic acids is 1. The largest absolute Gasteiger partial charge is 0.488 e. The third-order valence-corrected chi connectivity index (χ3v) is 2.29. The summed E-state index contributed by atoms with van der Waals surface area (Å²) in [6.07, 6.45) is 4.93. The second kappa shape index (κ2) is 3.88. The van der Waals surface area contributed by atoms with Crippen molar-refractivity contribution >= 4 is 12.0 Å². The molecule has 0 unspecified atom stereocenters. The molecular formula is C11H14N2O2. The van der Waals surface area contributed by atoms with Gasteiger partial charge in [0.15, 0.2) is 6.29 Å². The summed E-state index contributed by atoms with van der Waals surface area (Å²) < 4.78 is 5.72. The van der Waals surface area contributed by atoms with Crippen LogP contribution >= 0.6 is 0 Å². The topological polar surface area (TPSA) is 42.4 Å². The molecule has 1 heterocycles. The van der Waals surface area contributed by atoms with E-state index in [2.05, 4.69) is 4.98 Å². The normalized spacial score (nSPS) is 14.8. The number of carbonyl (C=O) groups is 1. The standard InChI is InChI=1S/C11H14N2O2/c1-13(2)10-6-12-8(7-14)5-11(10)15-9-3-4-9/h5-7,9H,3-4H2,1-2H3. The van der Waals surface area contributed by atoms with Crippen molar-refractivity contribution in [1.29, 1.82) is 0 Å². The van der Waals surface area contributed by atoms with Gasteiger partial charge in [0.25, 0.3) is 0 Å². The highest BCUT2D eigenvalue weighted by molar-refractivity contribution is 5.74. The number of hydrogen-bond acceptors (Lipinski definition) is 4. The minimum absolute atomic E-state index is 0.325. The van der Waals surface area contributed by atoms with Gasteiger partial charge in [-0.3, -0.25) is 9.78 Å². The Balaban J connectivity index is 2.30. The number of aldehydes is 1. The minimum Gasteiger partial charge on any atom is -0.488 e. The van der Waals surface area contributed by atoms with E-state index in [4.69, 9.17) is 4.74 Å². The Kier molecular flexibility index (Phi) is 2.58. The van der Waals surface area contributed by atoms with Crippen LogP contribution in [-0.2, 0) is 0 Å². The second-order valence-electron chi connectivity index (χ2n) is 3.91. The highest BCUT2D eigenvalue weighted by Crippen LogP contribution is 2.33. The maximum atomic E-state index is 10.6. The van der Waals surface area contributed by atoms with Gasteiger partial charge < -0.3 is 9.64 Å². The monoisotopic (exact) mass is 206 g/mol. The maximum Gasteiger partial charge on any atom is 0.168 e. The highest BCUT2D eigenvalue weighted by Gasteiger charge is 2.25. The molecule has 1 aliphatic carbocycles. The van der Waals surface area contributed by atoms with Crippen LogP contribution in [0.15, 0.2) is 12.3 Å². The Morgan fingerprint density at radius 1 is 1.53 bits per heavy atom. The third-order valence-electron chi connectivity index (χ3n) is 2.29. The quantitative estimate of drug-likeness (QED) is 0.700. The van der Waals surface area contributed by atoms with Gasteiger partial charge in [0.1, 0.15) is 11.4 Å². The van der Waals surface area contributed by atoms with E-state index in [9.17, 15) is 4.79 Å². The van der Waals surface area contributed by atoms with Crippen LogP contribution in [0.3, 0.4) is 0 Å². The van der Waals surface area contributed by atoms with Crippen molar-refractivity contribution in [1.82, 2.24) is 4.98 Å². The van der Waals surface area contributed by atoms with Crippen LogP contribution in [0.25, 0.3) is 0 Å². The van der Waals surface area contributed by atoms with Gasteiger partial charge in [-0.1, -0.05) is 0 Å². The van der Waals surface area contributed by atoms with E-state index in [1.54, 1.807) is 12.3 Å². The average Bonchev–Trinajstić information content (AvgIpc) is 3.01. The maximum absolute atomic E-state index is 10.6. The zero-order chi connectivity index (χ0) is 10.8. The van der Waals surface area contributed by atoms with Gasteiger partial charge >= 0.3 is 0 Å². The van der Waals surface area contributed by atoms with Crippen molar-refractivity contribution < 1.29 is 9.53 Å². The highest BCUT2D eigenvalue weighted by atomic mass is 16.5. The van der Waals surface area contributed by atoms with Gasteiger partial charge in [0.05, 0.1) is 18.0 Å². The average molecular weight is 206 g/mol. The lowest BCUT2D eigenvalue weighted by atomic mass is 10.3. The summed E-state index contributed by atoms with van der Waals surface area (Å²) >= 11 is 0. The van der Waals surface area contributed by atoms with Crippen LogP contribution in [-0.4, -0.2) is 31.5 Å². The summed E-state index contributed by atoms with van der Waals surface area (Å²) in [5.41, 5.74) is 1.32. The molecule has 1 aromatic heterocycles. The smallest absolute Gasteiger partial charge is 0.168 e. The van der Waals surface area contributed by atoms with E-state index in [0.717, 1.165) is 30.6 Å². The molecule has 0 N–H and O–H groups in total. The summed E-state index contributed by atoms with van der Waals surface area (Å²) in [5.74, 6) is 0.750. The summed E-state index contributed by atoms with van der Waals surface area (Å²) in [7, 11) is 3.86. The molecule has 15 heavy (non-hydrogen) atoms. The Labute approximate surface area is 88.9 Å². The molecule has 0 atom stereocenters. The Morgan fingerprint density at radius 3 is 2.80 bits per heavy atom. The molecule has 0 aromatic carbocycles. The molecule has 1 fully saturated rings. The van der Waals surface area contributed by atoms with Gasteiger partial charge in [0, 0.05) is 20.2 Å². The number of pyridine rings is 1. The van der Waals surface area contributed by atoms with E-state index in [-0.39, 0.29) is 0 Å². The predicted octanol–water partition coefficient (Wildman–Crippen LogP) is 1.50. The molecule has 0 spiro atoms. The number of nitrogens with zero attached hydrogens (tertiary/aromatic N) is 2. The zero-order valence-electron chi connectivity index (χ0n) is 8.93. The summed E-state index contributed by atoms with van der Waals surface area (Å²) in [5, 5.41) is 0. The van der Waals surface area contributed by atoms with Crippen molar-refractivity contribution in [2.24, 2.45) is 0 Å². The number of rotatable bonds is 4. The molecule has 0 radical (unpaired) electrons. The minimum atomic E-state index is 0.325. The number of ether oxygens (including phenoxy) is 1. The van der Waals surface area contributed by atoms with Gasteiger partial charge in [-0.25, -0.2) is 0 Å². The molecule has 4 nitrogen and oxygen atoms in total. The molecule has 1 aromatic rings. The first-order chi connectivity index (χ1) is 7.20. The van der Waals surface area contributed by atoms with E-state index in [1.807, 2.05) is 19.0 Å². The lowest BCUT2D eigenvalue weighted by molar-refractivity contribution is 0.111. The van der Waals surface area contributed by atoms with Crippen LogP contribution in [0.1, 0.15) is 23.3 Å². The first kappa shape index (κ1) is 9.96. The number of hydrogen-bond donors (Lipinski definition) is 0. The number of anilines is 1. The molecule has 2 rings (SSSR count). The Bertz CT molecular complexity index is 373. The zero-order valence-corrected chi connectivity index (χ0v) is 8.93. The molecule has 0 bridgehead atoms. The Hall–Kier alpha value is -1.58. The fraction of sp³-hybridized carbons (Fsp3) is 0.455. The van der Waals surface area contributed by atoms with E-state index in [1.165, 1.54) is 0 Å². The van der Waals surface area contributed by atoms with Crippen LogP contribution in [0.5, 0.6) is 5.75 Å². The van der Waals surface area contributed by atoms with Crippen LogP contribution in [0.2, 0.25) is 0 Å². The van der Waals surface area contributed by atoms with Crippen molar-refractivity contribution in [2.45, 2.75) is 18.9 Å². The van der Waals surface area contributed by atoms with Crippen molar-refractivity contribution in [2.75, 3.05) is 19.0 Å². The van der Waals surface area contributed by atoms with Gasteiger partial charge in [-0.05, 0) is 12.8 Å². The molecule has 80 valence electrons. The fourth-order valence-electron chi connectivity index (χ4n) is 1.30. The van der Waals surface area contributed by atoms with Gasteiger partial charge in [-0.2, -0.15) is 0 Å². The van der Waals surface area contributed by atoms with Crippen LogP contribution < -0.4 is 9.64 Å². The van der Waals surface area contributed by atoms with Gasteiger partial charge in [-0.15, -0.1) is 0 Å². The van der Waals surface area contributed by atoms with Crippen LogP contribution in [0.4, 0.5) is 5.69 Å². The second-order valence-corrected chi connectivity index (χ2v) is 3.91. The molecule has 1 saturated carbocycles. The molecule has 4 heteroatoms. The van der Waals surface area contributed by atoms with Crippen molar-refractivity contribution in [3.63, 3.8) is 0 Å². The van der Waals surface area contributed by atoms with E-state index >= 15 is 0 Å². The molecular weight excluding hydrogens is 192 g/mol. The summed E-state index contributed by atoms with van der Waals surface area (Å²) in [4.78, 5) is 16.6. The first-order valence-electron chi connectivity index (χ1n) is 5.00. The molecule has 1 aliphatic rings. The van der Waals surface area contributed by atoms with Crippen molar-refractivity contribution in [3.8, 4) is 5.75 Å². The molecule has 0 amide bonds. The fourth-order valence-corrected chi connectivity index (χ4v) is 1.30. The lowest BCUT2D eigenvalue weighted by Crippen LogP contribution is -2.12. The molecule has 0 saturated heterocycles. The molecule has 0 aliphatic heterocycles. The summed E-state index contributed by atoms with van der Waals surface area (Å²) in [6, 6.07) is 1.70. The first-order valence-corrected chi connectivity index (χ1v) is 5.00. The Morgan fingerprint density at radius 2 is 2.27 bits per heavy atom. The summed E-state index contributed by atoms with van der Waals surface area (Å²) in [6.45, 7) is 0. The lowest BCUT2D eigenvalue weighted by Gasteiger charge is -2.17. The van der Waals surface area contributed by atoms with Crippen LogP contribution in [0, 0.1) is 0 Å². The van der Waals surface area contributed by atoms with Crippen molar-refractivity contribution in [3.05, 3.63) is 18.0 Å². The predicted molar refractivity (Wildman–Crippen MR) is 57.6 cm³/mol. The number of aromatic nitrogens is 1. The third kappa shape index (κ3) is 2.26.